The molecule has 1 saturated carbocycles. The number of alkyl halides is 3. The van der Waals surface area contributed by atoms with Gasteiger partial charge in [-0.15, -0.1) is 0 Å². The summed E-state index contributed by atoms with van der Waals surface area (Å²) in [7, 11) is 0. The lowest BCUT2D eigenvalue weighted by atomic mass is 10.2. The molecule has 2 rings (SSSR count). The molecule has 0 aromatic carbocycles. The van der Waals surface area contributed by atoms with E-state index in [-0.39, 0.29) is 18.7 Å². The summed E-state index contributed by atoms with van der Waals surface area (Å²) >= 11 is 0. The van der Waals surface area contributed by atoms with Gasteiger partial charge in [0.2, 0.25) is 0 Å². The third kappa shape index (κ3) is 1.51. The quantitative estimate of drug-likeness (QED) is 0.798. The van der Waals surface area contributed by atoms with Crippen molar-refractivity contribution in [3.05, 3.63) is 18.6 Å². The molecule has 76 valence electrons. The standard InChI is InChI=1S/C8H8F3N3/c9-8(10,11)7(2-3-7)14-6-1-4-12-5-13-6/h1,4-5H,2-3H2,(H,12,13,14). The largest absolute Gasteiger partial charge is 0.411 e. The first kappa shape index (κ1) is 9.23. The molecule has 1 aliphatic rings. The van der Waals surface area contributed by atoms with Crippen molar-refractivity contribution in [2.75, 3.05) is 5.32 Å². The first-order valence-corrected chi connectivity index (χ1v) is 4.14. The Morgan fingerprint density at radius 1 is 1.36 bits per heavy atom. The third-order valence-corrected chi connectivity index (χ3v) is 2.24. The van der Waals surface area contributed by atoms with Crippen LogP contribution in [-0.4, -0.2) is 21.7 Å². The second-order valence-corrected chi connectivity index (χ2v) is 3.30. The van der Waals surface area contributed by atoms with E-state index in [4.69, 9.17) is 0 Å². The molecule has 1 heterocycles. The van der Waals surface area contributed by atoms with Gasteiger partial charge in [0.1, 0.15) is 17.7 Å². The SMILES string of the molecule is FC(F)(F)C1(Nc2ccncn2)CC1. The normalized spacial score (nSPS) is 19.1. The van der Waals surface area contributed by atoms with Crippen LogP contribution in [0.3, 0.4) is 0 Å². The van der Waals surface area contributed by atoms with Gasteiger partial charge < -0.3 is 5.32 Å². The predicted molar refractivity (Wildman–Crippen MR) is 43.7 cm³/mol. The molecule has 0 atom stereocenters. The molecule has 0 spiro atoms. The highest BCUT2D eigenvalue weighted by Crippen LogP contribution is 2.50. The number of aromatic nitrogens is 2. The Morgan fingerprint density at radius 3 is 2.50 bits per heavy atom. The molecule has 3 nitrogen and oxygen atoms in total. The Morgan fingerprint density at radius 2 is 2.07 bits per heavy atom. The van der Waals surface area contributed by atoms with E-state index in [0.717, 1.165) is 0 Å². The van der Waals surface area contributed by atoms with E-state index < -0.39 is 11.7 Å². The van der Waals surface area contributed by atoms with Gasteiger partial charge in [-0.3, -0.25) is 0 Å². The molecular weight excluding hydrogens is 195 g/mol. The Hall–Kier alpha value is -1.33. The number of hydrogen-bond acceptors (Lipinski definition) is 3. The summed E-state index contributed by atoms with van der Waals surface area (Å²) in [6, 6.07) is 1.42. The van der Waals surface area contributed by atoms with Crippen molar-refractivity contribution in [3.63, 3.8) is 0 Å². The van der Waals surface area contributed by atoms with Crippen LogP contribution in [0.25, 0.3) is 0 Å². The smallest absolute Gasteiger partial charge is 0.356 e. The molecule has 0 bridgehead atoms. The van der Waals surface area contributed by atoms with Crippen LogP contribution < -0.4 is 5.32 Å². The van der Waals surface area contributed by atoms with Crippen LogP contribution >= 0.6 is 0 Å². The Labute approximate surface area is 78.4 Å². The highest BCUT2D eigenvalue weighted by Gasteiger charge is 2.63. The molecule has 1 aromatic rings. The van der Waals surface area contributed by atoms with Crippen LogP contribution in [0.1, 0.15) is 12.8 Å². The zero-order valence-electron chi connectivity index (χ0n) is 7.17. The van der Waals surface area contributed by atoms with Crippen LogP contribution in [0, 0.1) is 0 Å². The van der Waals surface area contributed by atoms with E-state index >= 15 is 0 Å². The molecule has 0 aliphatic heterocycles. The highest BCUT2D eigenvalue weighted by atomic mass is 19.4. The van der Waals surface area contributed by atoms with Crippen LogP contribution in [0.2, 0.25) is 0 Å². The lowest BCUT2D eigenvalue weighted by molar-refractivity contribution is -0.151. The minimum Gasteiger partial charge on any atom is -0.356 e. The lowest BCUT2D eigenvalue weighted by Crippen LogP contribution is -2.38. The van der Waals surface area contributed by atoms with E-state index in [1.807, 2.05) is 0 Å². The minimum atomic E-state index is -4.21. The van der Waals surface area contributed by atoms with Gasteiger partial charge in [-0.25, -0.2) is 9.97 Å². The summed E-state index contributed by atoms with van der Waals surface area (Å²) in [5, 5.41) is 2.39. The molecule has 14 heavy (non-hydrogen) atoms. The van der Waals surface area contributed by atoms with E-state index in [2.05, 4.69) is 15.3 Å². The number of nitrogens with zero attached hydrogens (tertiary/aromatic N) is 2. The number of halogens is 3. The van der Waals surface area contributed by atoms with Gasteiger partial charge in [0.05, 0.1) is 0 Å². The van der Waals surface area contributed by atoms with Gasteiger partial charge in [0, 0.05) is 6.20 Å². The van der Waals surface area contributed by atoms with Crippen LogP contribution in [0.5, 0.6) is 0 Å². The molecule has 0 saturated heterocycles. The zero-order valence-corrected chi connectivity index (χ0v) is 7.17. The van der Waals surface area contributed by atoms with Gasteiger partial charge in [-0.2, -0.15) is 13.2 Å². The maximum atomic E-state index is 12.5. The van der Waals surface area contributed by atoms with E-state index in [1.54, 1.807) is 0 Å². The number of nitrogens with one attached hydrogen (secondary N) is 1. The summed E-state index contributed by atoms with van der Waals surface area (Å²) in [5.41, 5.74) is -1.75. The fraction of sp³-hybridized carbons (Fsp3) is 0.500. The van der Waals surface area contributed by atoms with Gasteiger partial charge in [-0.05, 0) is 18.9 Å². The lowest BCUT2D eigenvalue weighted by Gasteiger charge is -2.20. The minimum absolute atomic E-state index is 0.112. The third-order valence-electron chi connectivity index (χ3n) is 2.24. The van der Waals surface area contributed by atoms with E-state index in [0.29, 0.717) is 0 Å². The Kier molecular flexibility index (Phi) is 1.87. The molecule has 0 radical (unpaired) electrons. The fourth-order valence-electron chi connectivity index (χ4n) is 1.21. The highest BCUT2D eigenvalue weighted by molar-refractivity contribution is 5.40. The zero-order chi connectivity index (χ0) is 10.2. The van der Waals surface area contributed by atoms with Gasteiger partial charge in [-0.1, -0.05) is 0 Å². The molecular formula is C8H8F3N3. The van der Waals surface area contributed by atoms with Crippen molar-refractivity contribution in [3.8, 4) is 0 Å². The molecule has 1 aromatic heterocycles. The second-order valence-electron chi connectivity index (χ2n) is 3.30. The fourth-order valence-corrected chi connectivity index (χ4v) is 1.21. The maximum absolute atomic E-state index is 12.5. The molecule has 6 heteroatoms. The molecule has 0 amide bonds. The van der Waals surface area contributed by atoms with Crippen LogP contribution in [-0.2, 0) is 0 Å². The first-order chi connectivity index (χ1) is 6.54. The summed E-state index contributed by atoms with van der Waals surface area (Å²) in [6.45, 7) is 0. The average molecular weight is 203 g/mol. The molecule has 1 N–H and O–H groups in total. The van der Waals surface area contributed by atoms with Crippen molar-refractivity contribution in [2.45, 2.75) is 24.6 Å². The average Bonchev–Trinajstić information content (AvgIpc) is 2.86. The summed E-state index contributed by atoms with van der Waals surface area (Å²) in [5.74, 6) is 0.217. The van der Waals surface area contributed by atoms with Crippen molar-refractivity contribution >= 4 is 5.82 Å². The molecule has 1 fully saturated rings. The van der Waals surface area contributed by atoms with Crippen molar-refractivity contribution in [1.82, 2.24) is 9.97 Å². The maximum Gasteiger partial charge on any atom is 0.411 e. The van der Waals surface area contributed by atoms with E-state index in [1.165, 1.54) is 18.6 Å². The van der Waals surface area contributed by atoms with Gasteiger partial charge in [0.15, 0.2) is 0 Å². The van der Waals surface area contributed by atoms with Crippen molar-refractivity contribution in [1.29, 1.82) is 0 Å². The summed E-state index contributed by atoms with van der Waals surface area (Å²) < 4.78 is 37.4. The van der Waals surface area contributed by atoms with Gasteiger partial charge in [0.25, 0.3) is 0 Å². The van der Waals surface area contributed by atoms with E-state index in [9.17, 15) is 13.2 Å². The summed E-state index contributed by atoms with van der Waals surface area (Å²) in [4.78, 5) is 7.32. The molecule has 0 unspecified atom stereocenters. The number of rotatable bonds is 2. The summed E-state index contributed by atoms with van der Waals surface area (Å²) in [6.07, 6.45) is -1.37. The van der Waals surface area contributed by atoms with Crippen molar-refractivity contribution in [2.24, 2.45) is 0 Å². The second kappa shape index (κ2) is 2.83. The van der Waals surface area contributed by atoms with Crippen molar-refractivity contribution < 1.29 is 13.2 Å². The predicted octanol–water partition coefficient (Wildman–Crippen LogP) is 1.98. The first-order valence-electron chi connectivity index (χ1n) is 4.14. The Balaban J connectivity index is 2.13. The molecule has 1 aliphatic carbocycles. The number of hydrogen-bond donors (Lipinski definition) is 1. The topological polar surface area (TPSA) is 37.8 Å². The van der Waals surface area contributed by atoms with Crippen LogP contribution in [0.15, 0.2) is 18.6 Å². The van der Waals surface area contributed by atoms with Crippen LogP contribution in [0.4, 0.5) is 19.0 Å². The number of anilines is 1. The Bertz CT molecular complexity index is 318. The monoisotopic (exact) mass is 203 g/mol. The van der Waals surface area contributed by atoms with Gasteiger partial charge >= 0.3 is 6.18 Å².